The van der Waals surface area contributed by atoms with Gasteiger partial charge in [0.1, 0.15) is 0 Å². The van der Waals surface area contributed by atoms with Crippen LogP contribution in [0, 0.1) is 0 Å². The summed E-state index contributed by atoms with van der Waals surface area (Å²) in [6.45, 7) is 2.09. The Morgan fingerprint density at radius 3 is 2.57 bits per heavy atom. The Morgan fingerprint density at radius 1 is 1.43 bits per heavy atom. The maximum absolute atomic E-state index is 12.4. The summed E-state index contributed by atoms with van der Waals surface area (Å²) in [5, 5.41) is 0. The van der Waals surface area contributed by atoms with Gasteiger partial charge in [-0.3, -0.25) is 0 Å². The minimum absolute atomic E-state index is 0.00223. The second-order valence-electron chi connectivity index (χ2n) is 4.91. The second-order valence-corrected chi connectivity index (χ2v) is 6.65. The average molecular weight is 315 g/mol. The van der Waals surface area contributed by atoms with Crippen molar-refractivity contribution in [3.05, 3.63) is 23.8 Å². The highest BCUT2D eigenvalue weighted by molar-refractivity contribution is 7.89. The number of rotatable bonds is 6. The summed E-state index contributed by atoms with van der Waals surface area (Å²) >= 11 is 0. The van der Waals surface area contributed by atoms with E-state index in [1.165, 1.54) is 25.3 Å². The Kier molecular flexibility index (Phi) is 5.70. The Hall–Kier alpha value is -1.64. The van der Waals surface area contributed by atoms with Crippen molar-refractivity contribution in [2.75, 3.05) is 33.5 Å². The number of anilines is 1. The number of nitrogens with two attached hydrogens (primary N) is 1. The van der Waals surface area contributed by atoms with Crippen molar-refractivity contribution >= 4 is 21.7 Å². The first-order chi connectivity index (χ1) is 9.69. The Bertz CT molecular complexity index is 614. The van der Waals surface area contributed by atoms with Gasteiger partial charge in [-0.2, -0.15) is 0 Å². The molecular weight excluding hydrogens is 294 g/mol. The van der Waals surface area contributed by atoms with Crippen LogP contribution in [-0.2, 0) is 14.8 Å². The third-order valence-corrected chi connectivity index (χ3v) is 4.61. The fraction of sp³-hybridized carbons (Fsp3) is 0.462. The fourth-order valence-corrected chi connectivity index (χ4v) is 2.88. The van der Waals surface area contributed by atoms with Crippen LogP contribution < -0.4 is 10.5 Å². The van der Waals surface area contributed by atoms with Crippen LogP contribution in [0.4, 0.5) is 5.69 Å². The van der Waals surface area contributed by atoms with E-state index in [4.69, 9.17) is 5.73 Å². The number of benzene rings is 1. The van der Waals surface area contributed by atoms with Gasteiger partial charge in [0.2, 0.25) is 10.0 Å². The van der Waals surface area contributed by atoms with E-state index in [1.807, 2.05) is 25.9 Å². The molecule has 118 valence electrons. The molecule has 0 aliphatic carbocycles. The number of likely N-dealkylation sites (N-methyl/N-ethyl adjacent to an activating group) is 1. The SMILES string of the molecule is COC(=O)c1ccc(N)cc1S(=O)(=O)NCC(C)N(C)C. The fourth-order valence-electron chi connectivity index (χ4n) is 1.53. The molecule has 0 aliphatic rings. The summed E-state index contributed by atoms with van der Waals surface area (Å²) in [7, 11) is 1.03. The first-order valence-corrected chi connectivity index (χ1v) is 7.81. The quantitative estimate of drug-likeness (QED) is 0.578. The van der Waals surface area contributed by atoms with Crippen molar-refractivity contribution in [1.29, 1.82) is 0 Å². The molecule has 1 unspecified atom stereocenters. The van der Waals surface area contributed by atoms with Gasteiger partial charge < -0.3 is 15.4 Å². The zero-order valence-corrected chi connectivity index (χ0v) is 13.4. The van der Waals surface area contributed by atoms with Crippen LogP contribution in [0.3, 0.4) is 0 Å². The van der Waals surface area contributed by atoms with Gasteiger partial charge in [-0.15, -0.1) is 0 Å². The van der Waals surface area contributed by atoms with E-state index >= 15 is 0 Å². The van der Waals surface area contributed by atoms with Crippen molar-refractivity contribution in [3.8, 4) is 0 Å². The zero-order valence-electron chi connectivity index (χ0n) is 12.6. The molecule has 3 N–H and O–H groups in total. The Balaban J connectivity index is 3.13. The summed E-state index contributed by atoms with van der Waals surface area (Å²) in [6.07, 6.45) is 0. The number of nitrogen functional groups attached to an aromatic ring is 1. The van der Waals surface area contributed by atoms with Crippen LogP contribution in [0.5, 0.6) is 0 Å². The first-order valence-electron chi connectivity index (χ1n) is 6.33. The molecule has 1 rings (SSSR count). The molecule has 7 nitrogen and oxygen atoms in total. The summed E-state index contributed by atoms with van der Waals surface area (Å²) in [5.74, 6) is -0.726. The lowest BCUT2D eigenvalue weighted by Gasteiger charge is -2.20. The first kappa shape index (κ1) is 17.4. The average Bonchev–Trinajstić information content (AvgIpc) is 2.43. The van der Waals surface area contributed by atoms with Crippen molar-refractivity contribution in [1.82, 2.24) is 9.62 Å². The minimum atomic E-state index is -3.85. The topological polar surface area (TPSA) is 102 Å². The molecule has 0 aliphatic heterocycles. The monoisotopic (exact) mass is 315 g/mol. The predicted molar refractivity (Wildman–Crippen MR) is 80.5 cm³/mol. The molecule has 8 heteroatoms. The van der Waals surface area contributed by atoms with E-state index < -0.39 is 16.0 Å². The highest BCUT2D eigenvalue weighted by Crippen LogP contribution is 2.20. The minimum Gasteiger partial charge on any atom is -0.465 e. The van der Waals surface area contributed by atoms with E-state index in [-0.39, 0.29) is 28.7 Å². The highest BCUT2D eigenvalue weighted by Gasteiger charge is 2.24. The Labute approximate surface area is 125 Å². The van der Waals surface area contributed by atoms with Crippen LogP contribution >= 0.6 is 0 Å². The molecule has 0 heterocycles. The third-order valence-electron chi connectivity index (χ3n) is 3.15. The van der Waals surface area contributed by atoms with Crippen molar-refractivity contribution in [2.24, 2.45) is 0 Å². The number of carbonyl (C=O) groups excluding carboxylic acids is 1. The number of sulfonamides is 1. The molecule has 0 fully saturated rings. The molecule has 0 radical (unpaired) electrons. The van der Waals surface area contributed by atoms with Gasteiger partial charge in [-0.05, 0) is 39.2 Å². The number of nitrogens with zero attached hydrogens (tertiary/aromatic N) is 1. The summed E-state index contributed by atoms with van der Waals surface area (Å²) in [6, 6.07) is 4.04. The van der Waals surface area contributed by atoms with Gasteiger partial charge in [0.15, 0.2) is 0 Å². The van der Waals surface area contributed by atoms with Gasteiger partial charge in [-0.25, -0.2) is 17.9 Å². The van der Waals surface area contributed by atoms with Crippen LogP contribution in [0.25, 0.3) is 0 Å². The van der Waals surface area contributed by atoms with Gasteiger partial charge in [0, 0.05) is 18.3 Å². The largest absolute Gasteiger partial charge is 0.465 e. The van der Waals surface area contributed by atoms with E-state index in [0.717, 1.165) is 0 Å². The van der Waals surface area contributed by atoms with E-state index in [2.05, 4.69) is 9.46 Å². The lowest BCUT2D eigenvalue weighted by atomic mass is 10.2. The van der Waals surface area contributed by atoms with E-state index in [1.54, 1.807) is 0 Å². The molecule has 0 bridgehead atoms. The molecule has 0 saturated heterocycles. The lowest BCUT2D eigenvalue weighted by Crippen LogP contribution is -2.38. The smallest absolute Gasteiger partial charge is 0.339 e. The molecule has 0 spiro atoms. The Morgan fingerprint density at radius 2 is 2.05 bits per heavy atom. The summed E-state index contributed by atoms with van der Waals surface area (Å²) < 4.78 is 31.8. The van der Waals surface area contributed by atoms with Crippen molar-refractivity contribution in [2.45, 2.75) is 17.9 Å². The van der Waals surface area contributed by atoms with Crippen molar-refractivity contribution in [3.63, 3.8) is 0 Å². The van der Waals surface area contributed by atoms with Crippen LogP contribution in [0.15, 0.2) is 23.1 Å². The van der Waals surface area contributed by atoms with Crippen LogP contribution in [0.2, 0.25) is 0 Å². The number of esters is 1. The molecule has 0 aromatic heterocycles. The number of nitrogens with one attached hydrogen (secondary N) is 1. The van der Waals surface area contributed by atoms with Crippen LogP contribution in [0.1, 0.15) is 17.3 Å². The molecule has 21 heavy (non-hydrogen) atoms. The third kappa shape index (κ3) is 4.42. The molecule has 0 saturated carbocycles. The summed E-state index contributed by atoms with van der Waals surface area (Å²) in [4.78, 5) is 13.4. The summed E-state index contributed by atoms with van der Waals surface area (Å²) in [5.41, 5.74) is 5.83. The normalized spacial score (nSPS) is 13.2. The van der Waals surface area contributed by atoms with Crippen LogP contribution in [-0.4, -0.2) is 53.1 Å². The van der Waals surface area contributed by atoms with E-state index in [9.17, 15) is 13.2 Å². The standard InChI is InChI=1S/C13H21N3O4S/c1-9(16(2)3)8-15-21(18,19)12-7-10(14)5-6-11(12)13(17)20-4/h5-7,9,15H,8,14H2,1-4H3. The predicted octanol–water partition coefficient (Wildman–Crippen LogP) is 0.284. The number of hydrogen-bond acceptors (Lipinski definition) is 6. The molecule has 1 aromatic rings. The number of ether oxygens (including phenoxy) is 1. The number of hydrogen-bond donors (Lipinski definition) is 2. The zero-order chi connectivity index (χ0) is 16.2. The number of methoxy groups -OCH3 is 1. The molecule has 0 amide bonds. The molecular formula is C13H21N3O4S. The lowest BCUT2D eigenvalue weighted by molar-refractivity contribution is 0.0596. The van der Waals surface area contributed by atoms with E-state index in [0.29, 0.717) is 0 Å². The molecule has 1 aromatic carbocycles. The molecule has 1 atom stereocenters. The van der Waals surface area contributed by atoms with Gasteiger partial charge in [0.25, 0.3) is 0 Å². The maximum atomic E-state index is 12.4. The number of carbonyl (C=O) groups is 1. The van der Waals surface area contributed by atoms with Gasteiger partial charge >= 0.3 is 5.97 Å². The van der Waals surface area contributed by atoms with Crippen molar-refractivity contribution < 1.29 is 17.9 Å². The van der Waals surface area contributed by atoms with Gasteiger partial charge in [-0.1, -0.05) is 0 Å². The maximum Gasteiger partial charge on any atom is 0.339 e. The van der Waals surface area contributed by atoms with Gasteiger partial charge in [0.05, 0.1) is 17.6 Å². The second kappa shape index (κ2) is 6.88. The highest BCUT2D eigenvalue weighted by atomic mass is 32.2.